The molecule has 0 unspecified atom stereocenters. The van der Waals surface area contributed by atoms with Crippen molar-refractivity contribution in [3.63, 3.8) is 0 Å². The Morgan fingerprint density at radius 1 is 1.26 bits per heavy atom. The Kier molecular flexibility index (Phi) is 3.80. The monoisotopic (exact) mass is 283 g/mol. The van der Waals surface area contributed by atoms with Gasteiger partial charge in [-0.25, -0.2) is 8.42 Å². The van der Waals surface area contributed by atoms with Crippen molar-refractivity contribution >= 4 is 21.5 Å². The number of carbonyl (C=O) groups is 1. The van der Waals surface area contributed by atoms with Crippen molar-refractivity contribution in [3.8, 4) is 0 Å². The van der Waals surface area contributed by atoms with Crippen molar-refractivity contribution < 1.29 is 18.3 Å². The van der Waals surface area contributed by atoms with Crippen molar-refractivity contribution in [2.45, 2.75) is 30.2 Å². The molecule has 2 rings (SSSR count). The first-order valence-electron chi connectivity index (χ1n) is 6.16. The molecule has 2 N–H and O–H groups in total. The maximum Gasteiger partial charge on any atom is 0.306 e. The second-order valence-electron chi connectivity index (χ2n) is 4.99. The molecule has 1 aliphatic rings. The van der Waals surface area contributed by atoms with E-state index in [-0.39, 0.29) is 16.9 Å². The van der Waals surface area contributed by atoms with Crippen LogP contribution in [0, 0.1) is 5.92 Å². The fraction of sp³-hybridized carbons (Fsp3) is 0.462. The third-order valence-corrected chi connectivity index (χ3v) is 4.56. The highest BCUT2D eigenvalue weighted by Gasteiger charge is 2.29. The van der Waals surface area contributed by atoms with Gasteiger partial charge in [0.15, 0.2) is 9.84 Å². The molecule has 19 heavy (non-hydrogen) atoms. The maximum atomic E-state index is 11.3. The summed E-state index contributed by atoms with van der Waals surface area (Å²) in [6.07, 6.45) is 3.30. The summed E-state index contributed by atoms with van der Waals surface area (Å²) in [5.41, 5.74) is 0.823. The average Bonchev–Trinajstić information content (AvgIpc) is 2.77. The third kappa shape index (κ3) is 3.47. The highest BCUT2D eigenvalue weighted by atomic mass is 32.2. The molecule has 0 bridgehead atoms. The van der Waals surface area contributed by atoms with E-state index in [1.54, 1.807) is 24.3 Å². The van der Waals surface area contributed by atoms with E-state index in [2.05, 4.69) is 5.32 Å². The molecular formula is C13H17NO4S. The van der Waals surface area contributed by atoms with Crippen LogP contribution >= 0.6 is 0 Å². The van der Waals surface area contributed by atoms with Crippen LogP contribution in [0.3, 0.4) is 0 Å². The Balaban J connectivity index is 1.99. The third-order valence-electron chi connectivity index (χ3n) is 3.44. The Hall–Kier alpha value is -1.56. The first-order chi connectivity index (χ1) is 8.86. The van der Waals surface area contributed by atoms with Crippen LogP contribution in [0.2, 0.25) is 0 Å². The van der Waals surface area contributed by atoms with E-state index in [1.807, 2.05) is 0 Å². The summed E-state index contributed by atoms with van der Waals surface area (Å²) in [4.78, 5) is 11.1. The predicted octanol–water partition coefficient (Wildman–Crippen LogP) is 1.76. The first kappa shape index (κ1) is 13.9. The highest BCUT2D eigenvalue weighted by molar-refractivity contribution is 7.90. The standard InChI is InChI=1S/C13H17NO4S/c1-19(17,18)12-6-4-10(5-7-12)14-11-3-2-9(8-11)13(15)16/h4-7,9,11,14H,2-3,8H2,1H3,(H,15,16)/t9-,11+/m1/s1. The predicted molar refractivity (Wildman–Crippen MR) is 71.9 cm³/mol. The van der Waals surface area contributed by atoms with Crippen LogP contribution in [-0.4, -0.2) is 31.8 Å². The summed E-state index contributed by atoms with van der Waals surface area (Å²) in [6, 6.07) is 6.68. The number of rotatable bonds is 4. The van der Waals surface area contributed by atoms with E-state index in [0.29, 0.717) is 12.8 Å². The van der Waals surface area contributed by atoms with Gasteiger partial charge in [0, 0.05) is 18.0 Å². The molecule has 1 fully saturated rings. The quantitative estimate of drug-likeness (QED) is 0.879. The van der Waals surface area contributed by atoms with Crippen LogP contribution in [0.4, 0.5) is 5.69 Å². The van der Waals surface area contributed by atoms with Crippen molar-refractivity contribution in [2.24, 2.45) is 5.92 Å². The Bertz CT molecular complexity index is 565. The number of anilines is 1. The molecule has 0 saturated heterocycles. The Labute approximate surface area is 112 Å². The fourth-order valence-corrected chi connectivity index (χ4v) is 3.00. The topological polar surface area (TPSA) is 83.5 Å². The molecule has 1 aromatic carbocycles. The van der Waals surface area contributed by atoms with Crippen LogP contribution in [0.15, 0.2) is 29.2 Å². The lowest BCUT2D eigenvalue weighted by molar-refractivity contribution is -0.141. The number of nitrogens with one attached hydrogen (secondary N) is 1. The summed E-state index contributed by atoms with van der Waals surface area (Å²) < 4.78 is 22.6. The van der Waals surface area contributed by atoms with Crippen LogP contribution in [0.1, 0.15) is 19.3 Å². The van der Waals surface area contributed by atoms with Gasteiger partial charge in [-0.1, -0.05) is 0 Å². The zero-order valence-electron chi connectivity index (χ0n) is 10.7. The fourth-order valence-electron chi connectivity index (χ4n) is 2.37. The molecule has 5 nitrogen and oxygen atoms in total. The van der Waals surface area contributed by atoms with E-state index < -0.39 is 15.8 Å². The number of hydrogen-bond donors (Lipinski definition) is 2. The molecule has 0 radical (unpaired) electrons. The van der Waals surface area contributed by atoms with Gasteiger partial charge < -0.3 is 10.4 Å². The number of carboxylic acids is 1. The first-order valence-corrected chi connectivity index (χ1v) is 8.05. The van der Waals surface area contributed by atoms with Gasteiger partial charge in [-0.15, -0.1) is 0 Å². The summed E-state index contributed by atoms with van der Waals surface area (Å²) in [5, 5.41) is 12.2. The summed E-state index contributed by atoms with van der Waals surface area (Å²) >= 11 is 0. The lowest BCUT2D eigenvalue weighted by atomic mass is 10.1. The number of sulfone groups is 1. The molecule has 0 aromatic heterocycles. The van der Waals surface area contributed by atoms with Gasteiger partial charge in [0.1, 0.15) is 0 Å². The van der Waals surface area contributed by atoms with Crippen molar-refractivity contribution in [1.82, 2.24) is 0 Å². The van der Waals surface area contributed by atoms with Gasteiger partial charge in [0.05, 0.1) is 10.8 Å². The maximum absolute atomic E-state index is 11.3. The lowest BCUT2D eigenvalue weighted by Crippen LogP contribution is -2.17. The van der Waals surface area contributed by atoms with E-state index >= 15 is 0 Å². The van der Waals surface area contributed by atoms with Gasteiger partial charge >= 0.3 is 5.97 Å². The van der Waals surface area contributed by atoms with Gasteiger partial charge in [0.2, 0.25) is 0 Å². The van der Waals surface area contributed by atoms with E-state index in [9.17, 15) is 13.2 Å². The average molecular weight is 283 g/mol. The van der Waals surface area contributed by atoms with E-state index in [4.69, 9.17) is 5.11 Å². The van der Waals surface area contributed by atoms with Gasteiger partial charge in [-0.2, -0.15) is 0 Å². The molecule has 104 valence electrons. The molecule has 6 heteroatoms. The van der Waals surface area contributed by atoms with Crippen LogP contribution in [-0.2, 0) is 14.6 Å². The van der Waals surface area contributed by atoms with Crippen LogP contribution in [0.5, 0.6) is 0 Å². The molecule has 0 heterocycles. The van der Waals surface area contributed by atoms with Gasteiger partial charge in [-0.3, -0.25) is 4.79 Å². The van der Waals surface area contributed by atoms with Crippen LogP contribution < -0.4 is 5.32 Å². The zero-order valence-corrected chi connectivity index (χ0v) is 11.5. The summed E-state index contributed by atoms with van der Waals surface area (Å²) in [7, 11) is -3.17. The van der Waals surface area contributed by atoms with Crippen molar-refractivity contribution in [3.05, 3.63) is 24.3 Å². The molecule has 0 aliphatic heterocycles. The molecule has 1 saturated carbocycles. The van der Waals surface area contributed by atoms with E-state index in [0.717, 1.165) is 12.1 Å². The number of carboxylic acid groups (broad SMARTS) is 1. The Morgan fingerprint density at radius 2 is 1.89 bits per heavy atom. The summed E-state index contributed by atoms with van der Waals surface area (Å²) in [5.74, 6) is -1.01. The van der Waals surface area contributed by atoms with Gasteiger partial charge in [-0.05, 0) is 43.5 Å². The largest absolute Gasteiger partial charge is 0.481 e. The number of benzene rings is 1. The minimum absolute atomic E-state index is 0.144. The van der Waals surface area contributed by atoms with E-state index in [1.165, 1.54) is 6.26 Å². The van der Waals surface area contributed by atoms with Crippen LogP contribution in [0.25, 0.3) is 0 Å². The second kappa shape index (κ2) is 5.21. The molecule has 1 aliphatic carbocycles. The molecular weight excluding hydrogens is 266 g/mol. The minimum Gasteiger partial charge on any atom is -0.481 e. The lowest BCUT2D eigenvalue weighted by Gasteiger charge is -2.14. The second-order valence-corrected chi connectivity index (χ2v) is 7.00. The molecule has 1 aromatic rings. The van der Waals surface area contributed by atoms with Crippen molar-refractivity contribution in [2.75, 3.05) is 11.6 Å². The van der Waals surface area contributed by atoms with Gasteiger partial charge in [0.25, 0.3) is 0 Å². The van der Waals surface area contributed by atoms with Crippen molar-refractivity contribution in [1.29, 1.82) is 0 Å². The minimum atomic E-state index is -3.17. The molecule has 2 atom stereocenters. The molecule has 0 spiro atoms. The molecule has 0 amide bonds. The number of hydrogen-bond acceptors (Lipinski definition) is 4. The SMILES string of the molecule is CS(=O)(=O)c1ccc(N[C@H]2CC[C@@H](C(=O)O)C2)cc1. The Morgan fingerprint density at radius 3 is 2.37 bits per heavy atom. The normalized spacial score (nSPS) is 23.2. The smallest absolute Gasteiger partial charge is 0.306 e. The zero-order chi connectivity index (χ0) is 14.0. The highest BCUT2D eigenvalue weighted by Crippen LogP contribution is 2.28. The summed E-state index contributed by atoms with van der Waals surface area (Å²) in [6.45, 7) is 0. The number of aliphatic carboxylic acids is 1.